The summed E-state index contributed by atoms with van der Waals surface area (Å²) in [5.41, 5.74) is 0.283. The van der Waals surface area contributed by atoms with Crippen LogP contribution in [-0.2, 0) is 14.8 Å². The molecule has 1 heterocycles. The Morgan fingerprint density at radius 3 is 2.42 bits per heavy atom. The van der Waals surface area contributed by atoms with Gasteiger partial charge in [0.05, 0.1) is 4.90 Å². The van der Waals surface area contributed by atoms with Crippen LogP contribution in [0.3, 0.4) is 0 Å². The minimum Gasteiger partial charge on any atom is -0.480 e. The molecule has 0 saturated carbocycles. The van der Waals surface area contributed by atoms with Crippen molar-refractivity contribution in [1.82, 2.24) is 9.21 Å². The molecule has 8 heteroatoms. The van der Waals surface area contributed by atoms with Gasteiger partial charge >= 0.3 is 5.97 Å². The Balaban J connectivity index is 2.21. The smallest absolute Gasteiger partial charge is 0.323 e. The first-order valence-corrected chi connectivity index (χ1v) is 10.3. The number of carboxylic acids is 1. The molecule has 1 aromatic carbocycles. The van der Waals surface area contributed by atoms with E-state index < -0.39 is 21.9 Å². The van der Waals surface area contributed by atoms with Crippen molar-refractivity contribution in [3.05, 3.63) is 29.8 Å². The monoisotopic (exact) mass is 382 g/mol. The Labute approximate surface area is 154 Å². The fourth-order valence-corrected chi connectivity index (χ4v) is 4.90. The van der Waals surface area contributed by atoms with Gasteiger partial charge < -0.3 is 10.0 Å². The molecule has 144 valence electrons. The molecule has 1 unspecified atom stereocenters. The van der Waals surface area contributed by atoms with E-state index in [9.17, 15) is 18.0 Å². The number of benzene rings is 1. The van der Waals surface area contributed by atoms with Crippen LogP contribution in [0.5, 0.6) is 0 Å². The van der Waals surface area contributed by atoms with Crippen molar-refractivity contribution in [2.75, 3.05) is 19.6 Å². The molecule has 26 heavy (non-hydrogen) atoms. The number of sulfonamides is 1. The molecule has 1 aliphatic rings. The second-order valence-corrected chi connectivity index (χ2v) is 8.50. The summed E-state index contributed by atoms with van der Waals surface area (Å²) in [7, 11) is -3.59. The normalized spacial score (nSPS) is 18.5. The third kappa shape index (κ3) is 4.62. The molecule has 1 aliphatic heterocycles. The summed E-state index contributed by atoms with van der Waals surface area (Å²) in [6.07, 6.45) is 3.36. The lowest BCUT2D eigenvalue weighted by Crippen LogP contribution is -2.41. The van der Waals surface area contributed by atoms with Crippen LogP contribution in [0.25, 0.3) is 0 Å². The highest BCUT2D eigenvalue weighted by molar-refractivity contribution is 7.89. The predicted molar refractivity (Wildman–Crippen MR) is 97.5 cm³/mol. The second-order valence-electron chi connectivity index (χ2n) is 6.61. The van der Waals surface area contributed by atoms with Crippen LogP contribution in [0, 0.1) is 0 Å². The van der Waals surface area contributed by atoms with E-state index in [4.69, 9.17) is 5.11 Å². The summed E-state index contributed by atoms with van der Waals surface area (Å²) >= 11 is 0. The van der Waals surface area contributed by atoms with Crippen LogP contribution in [0.2, 0.25) is 0 Å². The van der Waals surface area contributed by atoms with E-state index in [0.717, 1.165) is 19.3 Å². The number of piperidine rings is 1. The summed E-state index contributed by atoms with van der Waals surface area (Å²) < 4.78 is 27.1. The average Bonchev–Trinajstić information content (AvgIpc) is 2.60. The van der Waals surface area contributed by atoms with E-state index in [-0.39, 0.29) is 23.0 Å². The van der Waals surface area contributed by atoms with E-state index in [0.29, 0.717) is 19.5 Å². The molecular formula is C18H26N2O5S. The lowest BCUT2D eigenvalue weighted by Gasteiger charge is -2.32. The first-order valence-electron chi connectivity index (χ1n) is 8.90. The fraction of sp³-hybridized carbons (Fsp3) is 0.556. The summed E-state index contributed by atoms with van der Waals surface area (Å²) in [5.74, 6) is -1.49. The van der Waals surface area contributed by atoms with E-state index in [1.54, 1.807) is 0 Å². The summed E-state index contributed by atoms with van der Waals surface area (Å²) in [4.78, 5) is 24.8. The molecule has 1 N–H and O–H groups in total. The molecule has 7 nitrogen and oxygen atoms in total. The molecule has 0 spiro atoms. The minimum absolute atomic E-state index is 0.0364. The molecule has 1 aromatic rings. The third-order valence-electron chi connectivity index (χ3n) is 4.56. The Hall–Kier alpha value is -1.93. The van der Waals surface area contributed by atoms with E-state index in [1.165, 1.54) is 33.5 Å². The highest BCUT2D eigenvalue weighted by atomic mass is 32.2. The van der Waals surface area contributed by atoms with Crippen LogP contribution in [0.1, 0.15) is 49.9 Å². The van der Waals surface area contributed by atoms with Crippen LogP contribution >= 0.6 is 0 Å². The van der Waals surface area contributed by atoms with E-state index in [2.05, 4.69) is 0 Å². The van der Waals surface area contributed by atoms with Gasteiger partial charge in [0, 0.05) is 24.7 Å². The quantitative estimate of drug-likeness (QED) is 0.780. The Bertz CT molecular complexity index is 745. The van der Waals surface area contributed by atoms with Crippen molar-refractivity contribution in [2.45, 2.75) is 50.5 Å². The van der Waals surface area contributed by atoms with Crippen molar-refractivity contribution in [3.8, 4) is 0 Å². The Kier molecular flexibility index (Phi) is 6.77. The highest BCUT2D eigenvalue weighted by Gasteiger charge is 2.31. The van der Waals surface area contributed by atoms with Gasteiger partial charge in [-0.15, -0.1) is 0 Å². The zero-order valence-electron chi connectivity index (χ0n) is 15.2. The summed E-state index contributed by atoms with van der Waals surface area (Å²) in [5, 5.41) is 8.95. The van der Waals surface area contributed by atoms with Crippen molar-refractivity contribution >= 4 is 21.9 Å². The van der Waals surface area contributed by atoms with E-state index >= 15 is 0 Å². The van der Waals surface area contributed by atoms with Gasteiger partial charge in [0.15, 0.2) is 0 Å². The highest BCUT2D eigenvalue weighted by Crippen LogP contribution is 2.25. The molecule has 0 radical (unpaired) electrons. The van der Waals surface area contributed by atoms with Gasteiger partial charge in [0.2, 0.25) is 10.0 Å². The topological polar surface area (TPSA) is 95.0 Å². The molecular weight excluding hydrogens is 356 g/mol. The number of amides is 1. The van der Waals surface area contributed by atoms with Crippen LogP contribution in [0.15, 0.2) is 29.2 Å². The zero-order chi connectivity index (χ0) is 19.3. The van der Waals surface area contributed by atoms with Gasteiger partial charge in [-0.05, 0) is 50.5 Å². The zero-order valence-corrected chi connectivity index (χ0v) is 16.0. The summed E-state index contributed by atoms with van der Waals surface area (Å²) in [6, 6.07) is 5.72. The van der Waals surface area contributed by atoms with Gasteiger partial charge in [-0.3, -0.25) is 9.59 Å². The first kappa shape index (κ1) is 20.4. The number of carbonyl (C=O) groups excluding carboxylic acids is 1. The number of hydrogen-bond acceptors (Lipinski definition) is 4. The molecule has 2 rings (SSSR count). The van der Waals surface area contributed by atoms with E-state index in [1.807, 2.05) is 13.8 Å². The Morgan fingerprint density at radius 2 is 1.88 bits per heavy atom. The third-order valence-corrected chi connectivity index (χ3v) is 6.58. The maximum atomic E-state index is 12.8. The molecule has 0 aliphatic carbocycles. The van der Waals surface area contributed by atoms with Gasteiger partial charge in [-0.2, -0.15) is 4.31 Å². The Morgan fingerprint density at radius 1 is 1.23 bits per heavy atom. The van der Waals surface area contributed by atoms with Gasteiger partial charge in [-0.1, -0.05) is 13.3 Å². The maximum Gasteiger partial charge on any atom is 0.323 e. The number of hydrogen-bond donors (Lipinski definition) is 1. The average molecular weight is 382 g/mol. The number of rotatable bonds is 7. The lowest BCUT2D eigenvalue weighted by molar-refractivity contribution is -0.137. The van der Waals surface area contributed by atoms with Crippen LogP contribution < -0.4 is 0 Å². The largest absolute Gasteiger partial charge is 0.480 e. The standard InChI is InChI=1S/C18H26N2O5S/c1-3-11-19(13-17(21)22)18(23)15-7-9-16(10-8-15)26(24,25)20-12-5-4-6-14(20)2/h7-10,14H,3-6,11-13H2,1-2H3,(H,21,22). The van der Waals surface area contributed by atoms with Crippen LogP contribution in [0.4, 0.5) is 0 Å². The van der Waals surface area contributed by atoms with Gasteiger partial charge in [0.1, 0.15) is 6.54 Å². The van der Waals surface area contributed by atoms with Gasteiger partial charge in [-0.25, -0.2) is 8.42 Å². The minimum atomic E-state index is -3.59. The lowest BCUT2D eigenvalue weighted by atomic mass is 10.1. The fourth-order valence-electron chi connectivity index (χ4n) is 3.20. The SMILES string of the molecule is CCCN(CC(=O)O)C(=O)c1ccc(S(=O)(=O)N2CCCCC2C)cc1. The molecule has 1 saturated heterocycles. The summed E-state index contributed by atoms with van der Waals surface area (Å²) in [6.45, 7) is 4.22. The van der Waals surface area contributed by atoms with Crippen molar-refractivity contribution < 1.29 is 23.1 Å². The number of carbonyl (C=O) groups is 2. The number of carboxylic acid groups (broad SMARTS) is 1. The molecule has 0 aromatic heterocycles. The molecule has 0 bridgehead atoms. The maximum absolute atomic E-state index is 12.8. The van der Waals surface area contributed by atoms with Crippen molar-refractivity contribution in [1.29, 1.82) is 0 Å². The molecule has 1 fully saturated rings. The predicted octanol–water partition coefficient (Wildman–Crippen LogP) is 2.19. The van der Waals surface area contributed by atoms with Crippen LogP contribution in [-0.4, -0.2) is 60.3 Å². The van der Waals surface area contributed by atoms with Gasteiger partial charge in [0.25, 0.3) is 5.91 Å². The van der Waals surface area contributed by atoms with Crippen molar-refractivity contribution in [3.63, 3.8) is 0 Å². The second kappa shape index (κ2) is 8.64. The first-order chi connectivity index (χ1) is 12.3. The molecule has 1 atom stereocenters. The van der Waals surface area contributed by atoms with Crippen molar-refractivity contribution in [2.24, 2.45) is 0 Å². The molecule has 1 amide bonds. The number of nitrogens with zero attached hydrogens (tertiary/aromatic N) is 2. The number of aliphatic carboxylic acids is 1.